The molecule has 0 amide bonds. The Balaban J connectivity index is 1.39. The Hall–Kier alpha value is -6.06. The van der Waals surface area contributed by atoms with Crippen molar-refractivity contribution < 1.29 is 8.83 Å². The maximum atomic E-state index is 6.37. The minimum absolute atomic E-state index is 0.664. The van der Waals surface area contributed by atoms with Gasteiger partial charge in [-0.2, -0.15) is 0 Å². The molecule has 7 aromatic carbocycles. The zero-order valence-electron chi connectivity index (χ0n) is 27.6. The van der Waals surface area contributed by atoms with Crippen molar-refractivity contribution in [1.82, 2.24) is 0 Å². The molecule has 2 aromatic heterocycles. The van der Waals surface area contributed by atoms with Crippen LogP contribution in [-0.2, 0) is 5.41 Å². The average molecular weight is 632 g/mol. The van der Waals surface area contributed by atoms with E-state index >= 15 is 0 Å². The summed E-state index contributed by atoms with van der Waals surface area (Å²) in [5, 5.41) is 4.48. The van der Waals surface area contributed by atoms with Crippen molar-refractivity contribution in [2.24, 2.45) is 0 Å². The maximum absolute atomic E-state index is 6.37. The van der Waals surface area contributed by atoms with E-state index in [0.29, 0.717) is 0 Å². The predicted octanol–water partition coefficient (Wildman–Crippen LogP) is 12.6. The second-order valence-corrected chi connectivity index (χ2v) is 13.6. The molecule has 10 rings (SSSR count). The lowest BCUT2D eigenvalue weighted by Gasteiger charge is -2.47. The number of hydrogen-bond donors (Lipinski definition) is 0. The Morgan fingerprint density at radius 3 is 1.37 bits per heavy atom. The minimum Gasteiger partial charge on any atom is -0.456 e. The summed E-state index contributed by atoms with van der Waals surface area (Å²) >= 11 is 0. The molecular formula is C46H33NO2. The van der Waals surface area contributed by atoms with Crippen molar-refractivity contribution in [3.63, 3.8) is 0 Å². The zero-order valence-corrected chi connectivity index (χ0v) is 27.6. The quantitative estimate of drug-likeness (QED) is 0.194. The van der Waals surface area contributed by atoms with E-state index in [1.165, 1.54) is 50.3 Å². The fraction of sp³-hybridized carbons (Fsp3) is 0.0870. The lowest BCUT2D eigenvalue weighted by atomic mass is 9.61. The van der Waals surface area contributed by atoms with Gasteiger partial charge in [0.2, 0.25) is 0 Å². The van der Waals surface area contributed by atoms with Gasteiger partial charge in [0, 0.05) is 27.2 Å². The van der Waals surface area contributed by atoms with E-state index in [0.717, 1.165) is 49.6 Å². The van der Waals surface area contributed by atoms with E-state index in [4.69, 9.17) is 8.83 Å². The van der Waals surface area contributed by atoms with E-state index in [1.807, 2.05) is 12.1 Å². The number of nitrogens with zero attached hydrogens (tertiary/aromatic N) is 1. The Kier molecular flexibility index (Phi) is 5.84. The summed E-state index contributed by atoms with van der Waals surface area (Å²) < 4.78 is 12.7. The summed E-state index contributed by atoms with van der Waals surface area (Å²) in [6, 6.07) is 53.1. The molecule has 1 aliphatic rings. The van der Waals surface area contributed by atoms with E-state index < -0.39 is 5.41 Å². The number of benzene rings is 7. The second-order valence-electron chi connectivity index (χ2n) is 13.6. The summed E-state index contributed by atoms with van der Waals surface area (Å²) in [5.41, 5.74) is 14.9. The fourth-order valence-electron chi connectivity index (χ4n) is 8.24. The highest BCUT2D eigenvalue weighted by molar-refractivity contribution is 6.07. The van der Waals surface area contributed by atoms with Crippen molar-refractivity contribution in [3.8, 4) is 0 Å². The highest BCUT2D eigenvalue weighted by Gasteiger charge is 2.47. The van der Waals surface area contributed by atoms with Crippen LogP contribution in [0.1, 0.15) is 38.9 Å². The number of rotatable bonds is 3. The van der Waals surface area contributed by atoms with Crippen molar-refractivity contribution in [2.45, 2.75) is 26.2 Å². The highest BCUT2D eigenvalue weighted by Crippen LogP contribution is 2.59. The van der Waals surface area contributed by atoms with Gasteiger partial charge < -0.3 is 13.7 Å². The molecule has 0 unspecified atom stereocenters. The van der Waals surface area contributed by atoms with Gasteiger partial charge in [-0.15, -0.1) is 0 Å². The third-order valence-electron chi connectivity index (χ3n) is 10.5. The van der Waals surface area contributed by atoms with Crippen LogP contribution < -0.4 is 4.90 Å². The standard InChI is InChI=1S/C46H33NO2/c1-28-12-18-33(19-13-28)47-40-20-14-29(2)24-38(40)46(39-25-30(3)15-21-41(39)47,31-16-22-44-36(26-31)34-8-4-6-10-42(34)48-44)32-17-23-45-37(27-32)35-9-5-7-11-43(35)49-45/h4-27H,1-3H3. The van der Waals surface area contributed by atoms with E-state index in [1.54, 1.807) is 0 Å². The number of aryl methyl sites for hydroxylation is 3. The van der Waals surface area contributed by atoms with Crippen molar-refractivity contribution >= 4 is 60.9 Å². The number of fused-ring (bicyclic) bond motifs is 8. The third kappa shape index (κ3) is 3.96. The van der Waals surface area contributed by atoms with Crippen LogP contribution in [-0.4, -0.2) is 0 Å². The van der Waals surface area contributed by atoms with Crippen molar-refractivity contribution in [3.05, 3.63) is 185 Å². The van der Waals surface area contributed by atoms with Gasteiger partial charge in [-0.05, 0) is 104 Å². The van der Waals surface area contributed by atoms with E-state index in [9.17, 15) is 0 Å². The lowest BCUT2D eigenvalue weighted by Crippen LogP contribution is -2.38. The van der Waals surface area contributed by atoms with Crippen LogP contribution in [0.5, 0.6) is 0 Å². The van der Waals surface area contributed by atoms with Gasteiger partial charge in [0.1, 0.15) is 22.3 Å². The van der Waals surface area contributed by atoms with Gasteiger partial charge in [-0.1, -0.05) is 102 Å². The molecule has 0 atom stereocenters. The monoisotopic (exact) mass is 631 g/mol. The van der Waals surface area contributed by atoms with Crippen molar-refractivity contribution in [1.29, 1.82) is 0 Å². The number of furan rings is 2. The second kappa shape index (κ2) is 10.2. The SMILES string of the molecule is Cc1ccc(N2c3ccc(C)cc3C(c3ccc4oc5ccccc5c4c3)(c3ccc4oc5ccccc5c4c3)c3cc(C)ccc32)cc1. The Bertz CT molecular complexity index is 2590. The van der Waals surface area contributed by atoms with E-state index in [2.05, 4.69) is 159 Å². The molecule has 0 radical (unpaired) electrons. The summed E-state index contributed by atoms with van der Waals surface area (Å²) in [5.74, 6) is 0. The van der Waals surface area contributed by atoms with Gasteiger partial charge >= 0.3 is 0 Å². The predicted molar refractivity (Wildman–Crippen MR) is 202 cm³/mol. The summed E-state index contributed by atoms with van der Waals surface area (Å²) in [4.78, 5) is 2.44. The fourth-order valence-corrected chi connectivity index (χ4v) is 8.24. The Labute approximate surface area is 284 Å². The van der Waals surface area contributed by atoms with Crippen LogP contribution in [0, 0.1) is 20.8 Å². The van der Waals surface area contributed by atoms with Crippen LogP contribution in [0.2, 0.25) is 0 Å². The van der Waals surface area contributed by atoms with E-state index in [-0.39, 0.29) is 0 Å². The van der Waals surface area contributed by atoms with Crippen molar-refractivity contribution in [2.75, 3.05) is 4.90 Å². The van der Waals surface area contributed by atoms with Gasteiger partial charge in [0.25, 0.3) is 0 Å². The molecule has 234 valence electrons. The molecular weight excluding hydrogens is 599 g/mol. The molecule has 1 aliphatic heterocycles. The summed E-state index contributed by atoms with van der Waals surface area (Å²) in [6.07, 6.45) is 0. The maximum Gasteiger partial charge on any atom is 0.135 e. The Morgan fingerprint density at radius 2 is 0.857 bits per heavy atom. The first-order chi connectivity index (χ1) is 24.0. The number of hydrogen-bond acceptors (Lipinski definition) is 3. The molecule has 0 saturated carbocycles. The Morgan fingerprint density at radius 1 is 0.408 bits per heavy atom. The average Bonchev–Trinajstić information content (AvgIpc) is 3.69. The lowest BCUT2D eigenvalue weighted by molar-refractivity contribution is 0.667. The topological polar surface area (TPSA) is 29.5 Å². The first-order valence-corrected chi connectivity index (χ1v) is 16.9. The van der Waals surface area contributed by atoms with Crippen LogP contribution in [0.3, 0.4) is 0 Å². The van der Waals surface area contributed by atoms with Gasteiger partial charge in [0.15, 0.2) is 0 Å². The molecule has 9 aromatic rings. The molecule has 3 heteroatoms. The van der Waals surface area contributed by atoms with Crippen LogP contribution >= 0.6 is 0 Å². The summed E-state index contributed by atoms with van der Waals surface area (Å²) in [7, 11) is 0. The first kappa shape index (κ1) is 28.0. The first-order valence-electron chi connectivity index (χ1n) is 16.9. The molecule has 0 saturated heterocycles. The van der Waals surface area contributed by atoms with Crippen LogP contribution in [0.25, 0.3) is 43.9 Å². The largest absolute Gasteiger partial charge is 0.456 e. The third-order valence-corrected chi connectivity index (χ3v) is 10.5. The molecule has 0 bridgehead atoms. The number of para-hydroxylation sites is 2. The van der Waals surface area contributed by atoms with Crippen LogP contribution in [0.4, 0.5) is 17.1 Å². The zero-order chi connectivity index (χ0) is 32.9. The molecule has 49 heavy (non-hydrogen) atoms. The number of anilines is 3. The van der Waals surface area contributed by atoms with Gasteiger partial charge in [-0.25, -0.2) is 0 Å². The highest BCUT2D eigenvalue weighted by atomic mass is 16.3. The molecule has 0 spiro atoms. The normalized spacial score (nSPS) is 13.7. The smallest absolute Gasteiger partial charge is 0.135 e. The van der Waals surface area contributed by atoms with Gasteiger partial charge in [-0.3, -0.25) is 0 Å². The van der Waals surface area contributed by atoms with Gasteiger partial charge in [0.05, 0.1) is 16.8 Å². The molecule has 0 N–H and O–H groups in total. The summed E-state index contributed by atoms with van der Waals surface area (Å²) in [6.45, 7) is 6.55. The minimum atomic E-state index is -0.664. The molecule has 3 nitrogen and oxygen atoms in total. The molecule has 0 fully saturated rings. The van der Waals surface area contributed by atoms with Crippen LogP contribution in [0.15, 0.2) is 154 Å². The molecule has 3 heterocycles. The molecule has 0 aliphatic carbocycles.